The number of nitrogens with zero attached hydrogens (tertiary/aromatic N) is 2. The zero-order chi connectivity index (χ0) is 14.8. The lowest BCUT2D eigenvalue weighted by Crippen LogP contribution is -1.98. The molecule has 102 valence electrons. The molecule has 3 rings (SSSR count). The molecule has 0 unspecified atom stereocenters. The Bertz CT molecular complexity index is 862. The van der Waals surface area contributed by atoms with E-state index in [1.165, 1.54) is 0 Å². The fraction of sp³-hybridized carbons (Fsp3) is 0.0588. The molecule has 3 aromatic rings. The minimum atomic E-state index is 0.637. The van der Waals surface area contributed by atoms with Gasteiger partial charge < -0.3 is 11.1 Å². The van der Waals surface area contributed by atoms with Crippen molar-refractivity contribution in [1.82, 2.24) is 4.98 Å². The van der Waals surface area contributed by atoms with E-state index in [9.17, 15) is 5.26 Å². The molecule has 0 spiro atoms. The number of nitrogens with one attached hydrogen (secondary N) is 1. The van der Waals surface area contributed by atoms with E-state index in [2.05, 4.69) is 16.4 Å². The van der Waals surface area contributed by atoms with Gasteiger partial charge in [0, 0.05) is 17.3 Å². The van der Waals surface area contributed by atoms with Crippen LogP contribution in [0.15, 0.2) is 48.7 Å². The summed E-state index contributed by atoms with van der Waals surface area (Å²) in [5.41, 5.74) is 10.6. The number of hydrogen-bond donors (Lipinski definition) is 2. The molecule has 4 nitrogen and oxygen atoms in total. The van der Waals surface area contributed by atoms with Gasteiger partial charge in [0.25, 0.3) is 0 Å². The summed E-state index contributed by atoms with van der Waals surface area (Å²) in [5, 5.41) is 13.5. The van der Waals surface area contributed by atoms with Gasteiger partial charge in [-0.2, -0.15) is 5.26 Å². The van der Waals surface area contributed by atoms with Gasteiger partial charge >= 0.3 is 0 Å². The summed E-state index contributed by atoms with van der Waals surface area (Å²) in [7, 11) is 0. The molecule has 0 atom stereocenters. The summed E-state index contributed by atoms with van der Waals surface area (Å²) < 4.78 is 0. The quantitative estimate of drug-likeness (QED) is 0.698. The third kappa shape index (κ3) is 2.26. The normalized spacial score (nSPS) is 10.3. The second-order valence-electron chi connectivity index (χ2n) is 4.84. The van der Waals surface area contributed by atoms with Crippen LogP contribution in [-0.2, 0) is 0 Å². The summed E-state index contributed by atoms with van der Waals surface area (Å²) in [4.78, 5) is 4.39. The van der Waals surface area contributed by atoms with E-state index in [0.29, 0.717) is 11.3 Å². The van der Waals surface area contributed by atoms with Gasteiger partial charge in [0.05, 0.1) is 22.5 Å². The molecule has 2 aromatic carbocycles. The first-order chi connectivity index (χ1) is 10.2. The molecule has 0 aliphatic carbocycles. The highest BCUT2D eigenvalue weighted by Gasteiger charge is 2.09. The molecular weight excluding hydrogens is 260 g/mol. The van der Waals surface area contributed by atoms with Crippen molar-refractivity contribution in [2.24, 2.45) is 0 Å². The Hall–Kier alpha value is -3.06. The monoisotopic (exact) mass is 274 g/mol. The van der Waals surface area contributed by atoms with Crippen LogP contribution in [0.4, 0.5) is 17.1 Å². The number of aryl methyl sites for hydroxylation is 1. The summed E-state index contributed by atoms with van der Waals surface area (Å²) in [5.74, 6) is 0. The van der Waals surface area contributed by atoms with Crippen molar-refractivity contribution in [1.29, 1.82) is 5.26 Å². The van der Waals surface area contributed by atoms with Crippen LogP contribution in [0.3, 0.4) is 0 Å². The number of nitriles is 1. The number of nitrogen functional groups attached to an aromatic ring is 1. The van der Waals surface area contributed by atoms with Crippen LogP contribution in [-0.4, -0.2) is 4.98 Å². The third-order valence-electron chi connectivity index (χ3n) is 3.46. The molecule has 0 radical (unpaired) electrons. The predicted molar refractivity (Wildman–Crippen MR) is 85.3 cm³/mol. The molecule has 0 saturated carbocycles. The highest BCUT2D eigenvalue weighted by Crippen LogP contribution is 2.30. The van der Waals surface area contributed by atoms with Crippen LogP contribution in [0.5, 0.6) is 0 Å². The Morgan fingerprint density at radius 3 is 2.76 bits per heavy atom. The first-order valence-corrected chi connectivity index (χ1v) is 6.60. The van der Waals surface area contributed by atoms with Crippen LogP contribution in [0, 0.1) is 18.3 Å². The van der Waals surface area contributed by atoms with Crippen molar-refractivity contribution in [2.75, 3.05) is 11.1 Å². The van der Waals surface area contributed by atoms with Crippen LogP contribution in [0.1, 0.15) is 11.1 Å². The molecule has 1 aromatic heterocycles. The van der Waals surface area contributed by atoms with E-state index < -0.39 is 0 Å². The predicted octanol–water partition coefficient (Wildman–Crippen LogP) is 3.74. The Labute approximate surface area is 122 Å². The smallest absolute Gasteiger partial charge is 0.102 e. The number of pyridine rings is 1. The number of aromatic nitrogens is 1. The fourth-order valence-electron chi connectivity index (χ4n) is 2.36. The third-order valence-corrected chi connectivity index (χ3v) is 3.46. The molecular formula is C17H14N4. The standard InChI is InChI=1S/C17H14N4/c1-11-4-2-6-15(13(11)10-18)21-16-8-7-14(19)12-5-3-9-20-17(12)16/h2-9,21H,19H2,1H3. The largest absolute Gasteiger partial charge is 0.398 e. The Kier molecular flexibility index (Phi) is 3.17. The second-order valence-corrected chi connectivity index (χ2v) is 4.84. The number of fused-ring (bicyclic) bond motifs is 1. The maximum absolute atomic E-state index is 9.31. The van der Waals surface area contributed by atoms with E-state index in [1.54, 1.807) is 6.20 Å². The highest BCUT2D eigenvalue weighted by molar-refractivity contribution is 5.99. The van der Waals surface area contributed by atoms with Gasteiger partial charge in [0.2, 0.25) is 0 Å². The Morgan fingerprint density at radius 2 is 1.95 bits per heavy atom. The molecule has 3 N–H and O–H groups in total. The van der Waals surface area contributed by atoms with Crippen LogP contribution < -0.4 is 11.1 Å². The first kappa shape index (κ1) is 12.9. The van der Waals surface area contributed by atoms with Crippen molar-refractivity contribution >= 4 is 28.0 Å². The average Bonchev–Trinajstić information content (AvgIpc) is 2.51. The lowest BCUT2D eigenvalue weighted by molar-refractivity contribution is 1.37. The maximum atomic E-state index is 9.31. The van der Waals surface area contributed by atoms with E-state index >= 15 is 0 Å². The molecule has 0 aliphatic rings. The van der Waals surface area contributed by atoms with Crippen molar-refractivity contribution in [3.63, 3.8) is 0 Å². The molecule has 1 heterocycles. The summed E-state index contributed by atoms with van der Waals surface area (Å²) in [6, 6.07) is 15.5. The van der Waals surface area contributed by atoms with Crippen molar-refractivity contribution in [2.45, 2.75) is 6.92 Å². The molecule has 4 heteroatoms. The van der Waals surface area contributed by atoms with Gasteiger partial charge in [-0.15, -0.1) is 0 Å². The minimum Gasteiger partial charge on any atom is -0.398 e. The van der Waals surface area contributed by atoms with E-state index in [4.69, 9.17) is 5.73 Å². The maximum Gasteiger partial charge on any atom is 0.102 e. The van der Waals surface area contributed by atoms with Crippen molar-refractivity contribution in [3.05, 3.63) is 59.8 Å². The zero-order valence-corrected chi connectivity index (χ0v) is 11.6. The SMILES string of the molecule is Cc1cccc(Nc2ccc(N)c3cccnc23)c1C#N. The Balaban J connectivity index is 2.14. The van der Waals surface area contributed by atoms with Crippen molar-refractivity contribution in [3.8, 4) is 6.07 Å². The highest BCUT2D eigenvalue weighted by atomic mass is 14.9. The molecule has 0 fully saturated rings. The zero-order valence-electron chi connectivity index (χ0n) is 11.6. The van der Waals surface area contributed by atoms with Gasteiger partial charge in [-0.1, -0.05) is 12.1 Å². The summed E-state index contributed by atoms with van der Waals surface area (Å²) in [6.45, 7) is 1.92. The van der Waals surface area contributed by atoms with Gasteiger partial charge in [0.15, 0.2) is 0 Å². The number of anilines is 3. The molecule has 21 heavy (non-hydrogen) atoms. The number of rotatable bonds is 2. The van der Waals surface area contributed by atoms with Crippen LogP contribution in [0.25, 0.3) is 10.9 Å². The summed E-state index contributed by atoms with van der Waals surface area (Å²) >= 11 is 0. The first-order valence-electron chi connectivity index (χ1n) is 6.60. The molecule has 0 bridgehead atoms. The van der Waals surface area contributed by atoms with Gasteiger partial charge in [-0.05, 0) is 42.8 Å². The molecule has 0 saturated heterocycles. The van der Waals surface area contributed by atoms with E-state index in [0.717, 1.165) is 27.8 Å². The van der Waals surface area contributed by atoms with E-state index in [1.807, 2.05) is 49.4 Å². The van der Waals surface area contributed by atoms with Crippen LogP contribution in [0.2, 0.25) is 0 Å². The second kappa shape index (κ2) is 5.14. The van der Waals surface area contributed by atoms with Crippen LogP contribution >= 0.6 is 0 Å². The van der Waals surface area contributed by atoms with Gasteiger partial charge in [-0.25, -0.2) is 0 Å². The molecule has 0 aliphatic heterocycles. The lowest BCUT2D eigenvalue weighted by atomic mass is 10.1. The average molecular weight is 274 g/mol. The Morgan fingerprint density at radius 1 is 1.10 bits per heavy atom. The van der Waals surface area contributed by atoms with Gasteiger partial charge in [0.1, 0.15) is 6.07 Å². The number of nitrogens with two attached hydrogens (primary N) is 1. The summed E-state index contributed by atoms with van der Waals surface area (Å²) in [6.07, 6.45) is 1.73. The van der Waals surface area contributed by atoms with Crippen molar-refractivity contribution < 1.29 is 0 Å². The minimum absolute atomic E-state index is 0.637. The van der Waals surface area contributed by atoms with Gasteiger partial charge in [-0.3, -0.25) is 4.98 Å². The molecule has 0 amide bonds. The topological polar surface area (TPSA) is 74.7 Å². The number of benzene rings is 2. The lowest BCUT2D eigenvalue weighted by Gasteiger charge is -2.12. The fourth-order valence-corrected chi connectivity index (χ4v) is 2.36. The number of hydrogen-bond acceptors (Lipinski definition) is 4. The van der Waals surface area contributed by atoms with E-state index in [-0.39, 0.29) is 0 Å².